The maximum atomic E-state index is 11.3. The molecule has 3 nitrogen and oxygen atoms in total. The van der Waals surface area contributed by atoms with Gasteiger partial charge in [0, 0.05) is 12.6 Å². The third-order valence-corrected chi connectivity index (χ3v) is 3.67. The fourth-order valence-electron chi connectivity index (χ4n) is 2.49. The van der Waals surface area contributed by atoms with Crippen molar-refractivity contribution in [3.05, 3.63) is 35.9 Å². The third-order valence-electron chi connectivity index (χ3n) is 3.67. The van der Waals surface area contributed by atoms with Gasteiger partial charge in [-0.15, -0.1) is 0 Å². The molecule has 2 N–H and O–H groups in total. The van der Waals surface area contributed by atoms with Gasteiger partial charge in [0.05, 0.1) is 5.92 Å². The second-order valence-corrected chi connectivity index (χ2v) is 5.10. The van der Waals surface area contributed by atoms with Gasteiger partial charge in [0.1, 0.15) is 0 Å². The first-order valence-electron chi connectivity index (χ1n) is 6.73. The van der Waals surface area contributed by atoms with E-state index >= 15 is 0 Å². The molecular weight excluding hydrogens is 226 g/mol. The molecule has 0 amide bonds. The molecular formula is C15H21NO2. The van der Waals surface area contributed by atoms with Gasteiger partial charge in [-0.2, -0.15) is 0 Å². The molecule has 18 heavy (non-hydrogen) atoms. The van der Waals surface area contributed by atoms with E-state index in [4.69, 9.17) is 0 Å². The molecule has 0 aromatic heterocycles. The number of carbonyl (C=O) groups is 1. The molecule has 0 aliphatic heterocycles. The number of aliphatic carboxylic acids is 1. The number of nitrogens with one attached hydrogen (secondary N) is 1. The van der Waals surface area contributed by atoms with Crippen LogP contribution in [0.4, 0.5) is 0 Å². The lowest BCUT2D eigenvalue weighted by molar-refractivity contribution is -0.138. The molecule has 0 radical (unpaired) electrons. The minimum atomic E-state index is -0.749. The van der Waals surface area contributed by atoms with E-state index in [1.54, 1.807) is 0 Å². The Morgan fingerprint density at radius 3 is 2.78 bits per heavy atom. The zero-order valence-corrected chi connectivity index (χ0v) is 10.8. The SMILES string of the molecule is CCCC1CC1NCC(C(=O)O)c1ccccc1. The fourth-order valence-corrected chi connectivity index (χ4v) is 2.49. The summed E-state index contributed by atoms with van der Waals surface area (Å²) >= 11 is 0. The van der Waals surface area contributed by atoms with Gasteiger partial charge in [0.25, 0.3) is 0 Å². The Balaban J connectivity index is 1.87. The van der Waals surface area contributed by atoms with Gasteiger partial charge in [0.2, 0.25) is 0 Å². The number of rotatable bonds is 7. The maximum Gasteiger partial charge on any atom is 0.312 e. The van der Waals surface area contributed by atoms with Crippen LogP contribution in [0.1, 0.15) is 37.7 Å². The summed E-state index contributed by atoms with van der Waals surface area (Å²) in [5.41, 5.74) is 0.880. The highest BCUT2D eigenvalue weighted by Crippen LogP contribution is 2.34. The first-order chi connectivity index (χ1) is 8.72. The van der Waals surface area contributed by atoms with Crippen LogP contribution in [0.25, 0.3) is 0 Å². The Bertz CT molecular complexity index is 391. The van der Waals surface area contributed by atoms with Gasteiger partial charge < -0.3 is 10.4 Å². The summed E-state index contributed by atoms with van der Waals surface area (Å²) in [7, 11) is 0. The topological polar surface area (TPSA) is 49.3 Å². The second-order valence-electron chi connectivity index (χ2n) is 5.10. The molecule has 1 aromatic carbocycles. The number of carboxylic acid groups (broad SMARTS) is 1. The third kappa shape index (κ3) is 3.33. The van der Waals surface area contributed by atoms with E-state index in [0.29, 0.717) is 12.6 Å². The number of carboxylic acids is 1. The number of hydrogen-bond acceptors (Lipinski definition) is 2. The Hall–Kier alpha value is -1.35. The Morgan fingerprint density at radius 2 is 2.17 bits per heavy atom. The van der Waals surface area contributed by atoms with Crippen molar-refractivity contribution in [2.24, 2.45) is 5.92 Å². The quantitative estimate of drug-likeness (QED) is 0.778. The maximum absolute atomic E-state index is 11.3. The van der Waals surface area contributed by atoms with Crippen molar-refractivity contribution >= 4 is 5.97 Å². The van der Waals surface area contributed by atoms with Crippen molar-refractivity contribution in [1.82, 2.24) is 5.32 Å². The smallest absolute Gasteiger partial charge is 0.312 e. The van der Waals surface area contributed by atoms with Crippen molar-refractivity contribution in [3.63, 3.8) is 0 Å². The van der Waals surface area contributed by atoms with Crippen LogP contribution in [0.2, 0.25) is 0 Å². The first-order valence-corrected chi connectivity index (χ1v) is 6.73. The molecule has 1 aliphatic carbocycles. The highest BCUT2D eigenvalue weighted by Gasteiger charge is 2.36. The van der Waals surface area contributed by atoms with Crippen LogP contribution in [-0.2, 0) is 4.79 Å². The standard InChI is InChI=1S/C15H21NO2/c1-2-6-12-9-14(12)16-10-13(15(17)18)11-7-4-3-5-8-11/h3-5,7-8,12-14,16H,2,6,9-10H2,1H3,(H,17,18). The monoisotopic (exact) mass is 247 g/mol. The molecule has 3 unspecified atom stereocenters. The average Bonchev–Trinajstić information content (AvgIpc) is 3.09. The first kappa shape index (κ1) is 13.1. The largest absolute Gasteiger partial charge is 0.481 e. The van der Waals surface area contributed by atoms with E-state index < -0.39 is 11.9 Å². The molecule has 98 valence electrons. The summed E-state index contributed by atoms with van der Waals surface area (Å²) < 4.78 is 0. The lowest BCUT2D eigenvalue weighted by Crippen LogP contribution is -2.29. The van der Waals surface area contributed by atoms with Crippen LogP contribution in [-0.4, -0.2) is 23.7 Å². The molecule has 0 spiro atoms. The van der Waals surface area contributed by atoms with E-state index in [0.717, 1.165) is 11.5 Å². The van der Waals surface area contributed by atoms with E-state index in [9.17, 15) is 9.90 Å². The molecule has 1 fully saturated rings. The summed E-state index contributed by atoms with van der Waals surface area (Å²) in [4.78, 5) is 11.3. The summed E-state index contributed by atoms with van der Waals surface area (Å²) in [6, 6.07) is 10.0. The van der Waals surface area contributed by atoms with Crippen LogP contribution in [0.5, 0.6) is 0 Å². The minimum Gasteiger partial charge on any atom is -0.481 e. The Labute approximate surface area is 108 Å². The second kappa shape index (κ2) is 6.01. The van der Waals surface area contributed by atoms with Crippen LogP contribution in [0, 0.1) is 5.92 Å². The van der Waals surface area contributed by atoms with Gasteiger partial charge in [0.15, 0.2) is 0 Å². The minimum absolute atomic E-state index is 0.436. The zero-order chi connectivity index (χ0) is 13.0. The number of benzene rings is 1. The summed E-state index contributed by atoms with van der Waals surface area (Å²) in [5.74, 6) is -0.421. The fraction of sp³-hybridized carbons (Fsp3) is 0.533. The van der Waals surface area contributed by atoms with Gasteiger partial charge in [-0.1, -0.05) is 43.7 Å². The Kier molecular flexibility index (Phi) is 4.37. The Morgan fingerprint density at radius 1 is 1.44 bits per heavy atom. The van der Waals surface area contributed by atoms with Crippen molar-refractivity contribution < 1.29 is 9.90 Å². The van der Waals surface area contributed by atoms with Crippen LogP contribution < -0.4 is 5.32 Å². The molecule has 1 aromatic rings. The predicted molar refractivity (Wildman–Crippen MR) is 71.6 cm³/mol. The van der Waals surface area contributed by atoms with Crippen molar-refractivity contribution in [2.45, 2.75) is 38.1 Å². The van der Waals surface area contributed by atoms with E-state index in [2.05, 4.69) is 12.2 Å². The highest BCUT2D eigenvalue weighted by atomic mass is 16.4. The summed E-state index contributed by atoms with van der Waals surface area (Å²) in [6.07, 6.45) is 3.67. The normalized spacial score (nSPS) is 23.6. The molecule has 3 atom stereocenters. The predicted octanol–water partition coefficient (Wildman–Crippen LogP) is 2.63. The molecule has 1 aliphatic rings. The van der Waals surface area contributed by atoms with E-state index in [1.165, 1.54) is 19.3 Å². The molecule has 3 heteroatoms. The lowest BCUT2D eigenvalue weighted by Gasteiger charge is -2.13. The highest BCUT2D eigenvalue weighted by molar-refractivity contribution is 5.76. The lowest BCUT2D eigenvalue weighted by atomic mass is 9.99. The average molecular weight is 247 g/mol. The molecule has 2 rings (SSSR count). The van der Waals surface area contributed by atoms with Crippen molar-refractivity contribution in [2.75, 3.05) is 6.54 Å². The molecule has 0 heterocycles. The van der Waals surface area contributed by atoms with Gasteiger partial charge in [-0.3, -0.25) is 4.79 Å². The van der Waals surface area contributed by atoms with Gasteiger partial charge >= 0.3 is 5.97 Å². The molecule has 1 saturated carbocycles. The van der Waals surface area contributed by atoms with Crippen LogP contribution >= 0.6 is 0 Å². The van der Waals surface area contributed by atoms with Gasteiger partial charge in [-0.25, -0.2) is 0 Å². The van der Waals surface area contributed by atoms with E-state index in [-0.39, 0.29) is 0 Å². The molecule has 0 bridgehead atoms. The van der Waals surface area contributed by atoms with E-state index in [1.807, 2.05) is 30.3 Å². The van der Waals surface area contributed by atoms with Crippen molar-refractivity contribution in [3.8, 4) is 0 Å². The van der Waals surface area contributed by atoms with Crippen LogP contribution in [0.3, 0.4) is 0 Å². The molecule has 0 saturated heterocycles. The summed E-state index contributed by atoms with van der Waals surface area (Å²) in [5, 5.41) is 12.7. The van der Waals surface area contributed by atoms with Gasteiger partial charge in [-0.05, 0) is 24.3 Å². The zero-order valence-electron chi connectivity index (χ0n) is 10.8. The number of hydrogen-bond donors (Lipinski definition) is 2. The van der Waals surface area contributed by atoms with Crippen LogP contribution in [0.15, 0.2) is 30.3 Å². The summed E-state index contributed by atoms with van der Waals surface area (Å²) in [6.45, 7) is 2.73. The van der Waals surface area contributed by atoms with Crippen molar-refractivity contribution in [1.29, 1.82) is 0 Å².